The summed E-state index contributed by atoms with van der Waals surface area (Å²) >= 11 is 0. The molecule has 0 radical (unpaired) electrons. The summed E-state index contributed by atoms with van der Waals surface area (Å²) in [6.45, 7) is 0. The van der Waals surface area contributed by atoms with Crippen LogP contribution in [0.15, 0.2) is 59.3 Å². The molecule has 0 aliphatic carbocycles. The summed E-state index contributed by atoms with van der Waals surface area (Å²) < 4.78 is 5.21. The van der Waals surface area contributed by atoms with Crippen molar-refractivity contribution in [1.82, 2.24) is 4.98 Å². The van der Waals surface area contributed by atoms with Crippen molar-refractivity contribution in [3.05, 3.63) is 60.5 Å². The van der Waals surface area contributed by atoms with Gasteiger partial charge in [-0.05, 0) is 24.1 Å². The van der Waals surface area contributed by atoms with E-state index in [0.717, 1.165) is 23.2 Å². The summed E-state index contributed by atoms with van der Waals surface area (Å²) in [6.07, 6.45) is 2.58. The molecule has 4 heteroatoms. The van der Waals surface area contributed by atoms with Crippen LogP contribution in [0.25, 0.3) is 11.1 Å². The van der Waals surface area contributed by atoms with Crippen LogP contribution in [0.2, 0.25) is 0 Å². The van der Waals surface area contributed by atoms with Crippen LogP contribution in [0.3, 0.4) is 0 Å². The maximum Gasteiger partial charge on any atom is 0.224 e. The van der Waals surface area contributed by atoms with Gasteiger partial charge in [0.2, 0.25) is 5.91 Å². The lowest BCUT2D eigenvalue weighted by Gasteiger charge is -2.05. The lowest BCUT2D eigenvalue weighted by molar-refractivity contribution is -0.116. The van der Waals surface area contributed by atoms with Gasteiger partial charge in [-0.2, -0.15) is 0 Å². The summed E-state index contributed by atoms with van der Waals surface area (Å²) in [4.78, 5) is 15.9. The molecule has 0 fully saturated rings. The highest BCUT2D eigenvalue weighted by Crippen LogP contribution is 2.18. The Morgan fingerprint density at radius 3 is 2.85 bits per heavy atom. The Balaban J connectivity index is 1.61. The van der Waals surface area contributed by atoms with Crippen LogP contribution in [0, 0.1) is 0 Å². The van der Waals surface area contributed by atoms with E-state index in [0.29, 0.717) is 12.0 Å². The van der Waals surface area contributed by atoms with Crippen LogP contribution in [0.1, 0.15) is 12.0 Å². The fourth-order valence-electron chi connectivity index (χ4n) is 2.06. The molecule has 0 bridgehead atoms. The highest BCUT2D eigenvalue weighted by Gasteiger charge is 2.05. The average molecular weight is 266 g/mol. The first-order valence-corrected chi connectivity index (χ1v) is 6.48. The van der Waals surface area contributed by atoms with Crippen molar-refractivity contribution in [2.75, 3.05) is 5.32 Å². The highest BCUT2D eigenvalue weighted by molar-refractivity contribution is 5.92. The zero-order valence-electron chi connectivity index (χ0n) is 10.9. The molecule has 100 valence electrons. The van der Waals surface area contributed by atoms with E-state index in [1.807, 2.05) is 42.5 Å². The largest absolute Gasteiger partial charge is 0.443 e. The van der Waals surface area contributed by atoms with Gasteiger partial charge < -0.3 is 9.73 Å². The molecule has 1 amide bonds. The molecule has 0 spiro atoms. The van der Waals surface area contributed by atoms with E-state index >= 15 is 0 Å². The molecule has 0 aliphatic rings. The van der Waals surface area contributed by atoms with Gasteiger partial charge in [-0.25, -0.2) is 4.98 Å². The first-order chi connectivity index (χ1) is 9.81. The van der Waals surface area contributed by atoms with E-state index in [2.05, 4.69) is 10.3 Å². The number of benzene rings is 2. The molecule has 0 atom stereocenters. The Morgan fingerprint density at radius 2 is 2.00 bits per heavy atom. The van der Waals surface area contributed by atoms with Gasteiger partial charge >= 0.3 is 0 Å². The van der Waals surface area contributed by atoms with Crippen molar-refractivity contribution in [3.63, 3.8) is 0 Å². The van der Waals surface area contributed by atoms with Crippen molar-refractivity contribution in [1.29, 1.82) is 0 Å². The molecule has 0 unspecified atom stereocenters. The number of anilines is 1. The molecule has 0 saturated heterocycles. The Hall–Kier alpha value is -2.62. The Labute approximate surface area is 116 Å². The lowest BCUT2D eigenvalue weighted by Crippen LogP contribution is -2.12. The Kier molecular flexibility index (Phi) is 3.46. The topological polar surface area (TPSA) is 55.1 Å². The van der Waals surface area contributed by atoms with Gasteiger partial charge in [0.25, 0.3) is 0 Å². The number of nitrogens with zero attached hydrogens (tertiary/aromatic N) is 1. The second kappa shape index (κ2) is 5.57. The SMILES string of the molecule is O=C(CCc1ccccc1)Nc1ccc2ncoc2c1. The third-order valence-corrected chi connectivity index (χ3v) is 3.10. The molecule has 2 aromatic carbocycles. The van der Waals surface area contributed by atoms with Gasteiger partial charge in [-0.3, -0.25) is 4.79 Å². The molecule has 1 aromatic heterocycles. The summed E-state index contributed by atoms with van der Waals surface area (Å²) in [5.74, 6) is -0.00674. The Morgan fingerprint density at radius 1 is 1.15 bits per heavy atom. The predicted octanol–water partition coefficient (Wildman–Crippen LogP) is 3.40. The van der Waals surface area contributed by atoms with E-state index in [1.54, 1.807) is 6.07 Å². The predicted molar refractivity (Wildman–Crippen MR) is 77.4 cm³/mol. The quantitative estimate of drug-likeness (QED) is 0.787. The van der Waals surface area contributed by atoms with Gasteiger partial charge in [-0.15, -0.1) is 0 Å². The normalized spacial score (nSPS) is 10.6. The molecule has 1 heterocycles. The molecular formula is C16H14N2O2. The maximum atomic E-state index is 11.9. The smallest absolute Gasteiger partial charge is 0.224 e. The number of fused-ring (bicyclic) bond motifs is 1. The molecule has 20 heavy (non-hydrogen) atoms. The van der Waals surface area contributed by atoms with Crippen molar-refractivity contribution < 1.29 is 9.21 Å². The van der Waals surface area contributed by atoms with Crippen LogP contribution in [-0.4, -0.2) is 10.9 Å². The van der Waals surface area contributed by atoms with Crippen LogP contribution in [0.5, 0.6) is 0 Å². The monoisotopic (exact) mass is 266 g/mol. The summed E-state index contributed by atoms with van der Waals surface area (Å²) in [6, 6.07) is 15.4. The molecule has 3 rings (SSSR count). The van der Waals surface area contributed by atoms with Crippen LogP contribution in [0.4, 0.5) is 5.69 Å². The van der Waals surface area contributed by atoms with Crippen molar-refractivity contribution in [2.24, 2.45) is 0 Å². The minimum absolute atomic E-state index is 0.00674. The van der Waals surface area contributed by atoms with E-state index < -0.39 is 0 Å². The van der Waals surface area contributed by atoms with Gasteiger partial charge in [0, 0.05) is 18.2 Å². The van der Waals surface area contributed by atoms with E-state index in [-0.39, 0.29) is 5.91 Å². The van der Waals surface area contributed by atoms with Crippen LogP contribution >= 0.6 is 0 Å². The summed E-state index contributed by atoms with van der Waals surface area (Å²) in [5, 5.41) is 2.87. The van der Waals surface area contributed by atoms with Crippen molar-refractivity contribution >= 4 is 22.7 Å². The average Bonchev–Trinajstić information content (AvgIpc) is 2.94. The van der Waals surface area contributed by atoms with Crippen LogP contribution in [-0.2, 0) is 11.2 Å². The second-order valence-electron chi connectivity index (χ2n) is 4.57. The fourth-order valence-corrected chi connectivity index (χ4v) is 2.06. The van der Waals surface area contributed by atoms with E-state index in [1.165, 1.54) is 6.39 Å². The first kappa shape index (κ1) is 12.4. The zero-order valence-corrected chi connectivity index (χ0v) is 10.9. The number of oxazole rings is 1. The van der Waals surface area contributed by atoms with Gasteiger partial charge in [0.05, 0.1) is 0 Å². The standard InChI is InChI=1S/C16H14N2O2/c19-16(9-6-12-4-2-1-3-5-12)18-13-7-8-14-15(10-13)20-11-17-14/h1-5,7-8,10-11H,6,9H2,(H,18,19). The minimum atomic E-state index is -0.00674. The van der Waals surface area contributed by atoms with Crippen LogP contribution < -0.4 is 5.32 Å². The number of aryl methyl sites for hydroxylation is 1. The summed E-state index contributed by atoms with van der Waals surface area (Å²) in [5.41, 5.74) is 3.35. The third kappa shape index (κ3) is 2.85. The zero-order chi connectivity index (χ0) is 13.8. The molecule has 1 N–H and O–H groups in total. The molecule has 4 nitrogen and oxygen atoms in total. The maximum absolute atomic E-state index is 11.9. The first-order valence-electron chi connectivity index (χ1n) is 6.48. The second-order valence-corrected chi connectivity index (χ2v) is 4.57. The number of hydrogen-bond donors (Lipinski definition) is 1. The number of nitrogens with one attached hydrogen (secondary N) is 1. The number of amides is 1. The minimum Gasteiger partial charge on any atom is -0.443 e. The van der Waals surface area contributed by atoms with Gasteiger partial charge in [0.1, 0.15) is 5.52 Å². The van der Waals surface area contributed by atoms with Gasteiger partial charge in [-0.1, -0.05) is 30.3 Å². The number of carbonyl (C=O) groups is 1. The lowest BCUT2D eigenvalue weighted by atomic mass is 10.1. The number of hydrogen-bond acceptors (Lipinski definition) is 3. The fraction of sp³-hybridized carbons (Fsp3) is 0.125. The van der Waals surface area contributed by atoms with Crippen molar-refractivity contribution in [3.8, 4) is 0 Å². The highest BCUT2D eigenvalue weighted by atomic mass is 16.3. The molecule has 0 saturated carbocycles. The van der Waals surface area contributed by atoms with Crippen molar-refractivity contribution in [2.45, 2.75) is 12.8 Å². The summed E-state index contributed by atoms with van der Waals surface area (Å²) in [7, 11) is 0. The molecule has 3 aromatic rings. The van der Waals surface area contributed by atoms with Gasteiger partial charge in [0.15, 0.2) is 12.0 Å². The Bertz CT molecular complexity index is 719. The number of carbonyl (C=O) groups excluding carboxylic acids is 1. The molecule has 0 aliphatic heterocycles. The number of aromatic nitrogens is 1. The van der Waals surface area contributed by atoms with E-state index in [4.69, 9.17) is 4.42 Å². The third-order valence-electron chi connectivity index (χ3n) is 3.10. The van der Waals surface area contributed by atoms with E-state index in [9.17, 15) is 4.79 Å². The number of rotatable bonds is 4. The molecular weight excluding hydrogens is 252 g/mol.